The number of rotatable bonds is 4. The zero-order valence-corrected chi connectivity index (χ0v) is 15.4. The number of fused-ring (bicyclic) bond motifs is 1. The Morgan fingerprint density at radius 2 is 1.74 bits per heavy atom. The van der Waals surface area contributed by atoms with Gasteiger partial charge >= 0.3 is 0 Å². The van der Waals surface area contributed by atoms with Crippen LogP contribution >= 0.6 is 0 Å². The van der Waals surface area contributed by atoms with Crippen molar-refractivity contribution < 1.29 is 4.79 Å². The van der Waals surface area contributed by atoms with Gasteiger partial charge in [0.15, 0.2) is 0 Å². The van der Waals surface area contributed by atoms with Gasteiger partial charge in [0.25, 0.3) is 0 Å². The van der Waals surface area contributed by atoms with E-state index in [4.69, 9.17) is 5.73 Å². The molecule has 0 atom stereocenters. The van der Waals surface area contributed by atoms with E-state index in [1.54, 1.807) is 6.07 Å². The first-order valence-corrected chi connectivity index (χ1v) is 9.68. The Morgan fingerprint density at radius 1 is 1.00 bits per heavy atom. The van der Waals surface area contributed by atoms with E-state index in [9.17, 15) is 4.79 Å². The third kappa shape index (κ3) is 3.95. The van der Waals surface area contributed by atoms with Gasteiger partial charge in [-0.15, -0.1) is 0 Å². The number of amides is 1. The Kier molecular flexibility index (Phi) is 5.05. The zero-order chi connectivity index (χ0) is 18.6. The molecule has 0 unspecified atom stereocenters. The van der Waals surface area contributed by atoms with E-state index in [2.05, 4.69) is 34.6 Å². The molecule has 1 aliphatic rings. The molecular weight excluding hydrogens is 334 g/mol. The molecule has 0 saturated heterocycles. The van der Waals surface area contributed by atoms with Crippen LogP contribution in [-0.4, -0.2) is 10.9 Å². The van der Waals surface area contributed by atoms with Gasteiger partial charge < -0.3 is 11.1 Å². The largest absolute Gasteiger partial charge is 0.397 e. The molecule has 138 valence electrons. The Bertz CT molecular complexity index is 940. The van der Waals surface area contributed by atoms with Crippen molar-refractivity contribution in [3.8, 4) is 0 Å². The SMILES string of the molecule is Nc1ccccc1NC(=O)C[C@H]1CC[C@@H](c2ccnc3ccccc32)CC1. The van der Waals surface area contributed by atoms with Crippen molar-refractivity contribution in [2.45, 2.75) is 38.0 Å². The van der Waals surface area contributed by atoms with Crippen molar-refractivity contribution in [3.05, 3.63) is 66.4 Å². The fourth-order valence-electron chi connectivity index (χ4n) is 4.23. The predicted molar refractivity (Wildman–Crippen MR) is 111 cm³/mol. The first-order valence-electron chi connectivity index (χ1n) is 9.68. The van der Waals surface area contributed by atoms with Gasteiger partial charge in [-0.2, -0.15) is 0 Å². The number of benzene rings is 2. The third-order valence-corrected chi connectivity index (χ3v) is 5.68. The summed E-state index contributed by atoms with van der Waals surface area (Å²) in [5.41, 5.74) is 9.70. The fraction of sp³-hybridized carbons (Fsp3) is 0.304. The summed E-state index contributed by atoms with van der Waals surface area (Å²) in [6.45, 7) is 0. The number of pyridine rings is 1. The number of nitrogen functional groups attached to an aromatic ring is 1. The fourth-order valence-corrected chi connectivity index (χ4v) is 4.23. The maximum absolute atomic E-state index is 12.4. The molecule has 1 heterocycles. The van der Waals surface area contributed by atoms with Crippen molar-refractivity contribution in [3.63, 3.8) is 0 Å². The number of anilines is 2. The molecule has 3 N–H and O–H groups in total. The van der Waals surface area contributed by atoms with Crippen LogP contribution in [0.5, 0.6) is 0 Å². The lowest BCUT2D eigenvalue weighted by Crippen LogP contribution is -2.21. The van der Waals surface area contributed by atoms with Crippen LogP contribution in [-0.2, 0) is 4.79 Å². The van der Waals surface area contributed by atoms with Gasteiger partial charge in [-0.25, -0.2) is 0 Å². The van der Waals surface area contributed by atoms with Crippen molar-refractivity contribution in [1.82, 2.24) is 4.98 Å². The molecule has 2 aromatic carbocycles. The second-order valence-electron chi connectivity index (χ2n) is 7.47. The number of hydrogen-bond acceptors (Lipinski definition) is 3. The summed E-state index contributed by atoms with van der Waals surface area (Å²) in [5.74, 6) is 1.06. The molecule has 1 fully saturated rings. The molecule has 4 heteroatoms. The first kappa shape index (κ1) is 17.5. The molecule has 0 aliphatic heterocycles. The monoisotopic (exact) mass is 359 g/mol. The van der Waals surface area contributed by atoms with Crippen molar-refractivity contribution in [2.75, 3.05) is 11.1 Å². The molecule has 1 saturated carbocycles. The number of nitrogens with zero attached hydrogens (tertiary/aromatic N) is 1. The lowest BCUT2D eigenvalue weighted by atomic mass is 9.77. The maximum atomic E-state index is 12.4. The van der Waals surface area contributed by atoms with E-state index in [1.165, 1.54) is 10.9 Å². The number of carbonyl (C=O) groups is 1. The van der Waals surface area contributed by atoms with Crippen molar-refractivity contribution in [2.24, 2.45) is 5.92 Å². The quantitative estimate of drug-likeness (QED) is 0.635. The van der Waals surface area contributed by atoms with Crippen LogP contribution in [0.25, 0.3) is 10.9 Å². The van der Waals surface area contributed by atoms with E-state index in [-0.39, 0.29) is 5.91 Å². The van der Waals surface area contributed by atoms with Crippen LogP contribution in [0.3, 0.4) is 0 Å². The summed E-state index contributed by atoms with van der Waals surface area (Å²) in [5, 5.41) is 4.22. The van der Waals surface area contributed by atoms with Gasteiger partial charge in [-0.1, -0.05) is 30.3 Å². The van der Waals surface area contributed by atoms with Crippen LogP contribution < -0.4 is 11.1 Å². The zero-order valence-electron chi connectivity index (χ0n) is 15.4. The molecular formula is C23H25N3O. The van der Waals surface area contributed by atoms with Gasteiger partial charge in [0.2, 0.25) is 5.91 Å². The molecule has 0 radical (unpaired) electrons. The summed E-state index contributed by atoms with van der Waals surface area (Å²) in [6, 6.07) is 17.9. The molecule has 4 rings (SSSR count). The standard InChI is InChI=1S/C23H25N3O/c24-20-6-2-4-8-22(20)26-23(27)15-16-9-11-17(12-10-16)18-13-14-25-21-7-3-1-5-19(18)21/h1-8,13-14,16-17H,9-12,15,24H2,(H,26,27)/t16-,17+. The van der Waals surface area contributed by atoms with E-state index < -0.39 is 0 Å². The minimum atomic E-state index is 0.0608. The van der Waals surface area contributed by atoms with Crippen LogP contribution in [0.1, 0.15) is 43.6 Å². The Hall–Kier alpha value is -2.88. The van der Waals surface area contributed by atoms with Gasteiger partial charge in [0.1, 0.15) is 0 Å². The number of nitrogens with one attached hydrogen (secondary N) is 1. The highest BCUT2D eigenvalue weighted by molar-refractivity contribution is 5.93. The maximum Gasteiger partial charge on any atom is 0.224 e. The second kappa shape index (κ2) is 7.78. The number of para-hydroxylation sites is 3. The second-order valence-corrected chi connectivity index (χ2v) is 7.47. The molecule has 1 aliphatic carbocycles. The summed E-state index contributed by atoms with van der Waals surface area (Å²) in [6.07, 6.45) is 6.90. The third-order valence-electron chi connectivity index (χ3n) is 5.68. The van der Waals surface area contributed by atoms with Crippen LogP contribution in [0.4, 0.5) is 11.4 Å². The van der Waals surface area contributed by atoms with Crippen molar-refractivity contribution >= 4 is 28.2 Å². The minimum absolute atomic E-state index is 0.0608. The van der Waals surface area contributed by atoms with Crippen LogP contribution in [0, 0.1) is 5.92 Å². The van der Waals surface area contributed by atoms with E-state index in [0.29, 0.717) is 29.6 Å². The summed E-state index contributed by atoms with van der Waals surface area (Å²) in [7, 11) is 0. The molecule has 1 amide bonds. The van der Waals surface area contributed by atoms with Crippen molar-refractivity contribution in [1.29, 1.82) is 0 Å². The van der Waals surface area contributed by atoms with E-state index in [0.717, 1.165) is 31.2 Å². The van der Waals surface area contributed by atoms with Crippen LogP contribution in [0.2, 0.25) is 0 Å². The topological polar surface area (TPSA) is 68.0 Å². The van der Waals surface area contributed by atoms with Crippen LogP contribution in [0.15, 0.2) is 60.8 Å². The lowest BCUT2D eigenvalue weighted by Gasteiger charge is -2.29. The highest BCUT2D eigenvalue weighted by atomic mass is 16.1. The predicted octanol–water partition coefficient (Wildman–Crippen LogP) is 5.12. The summed E-state index contributed by atoms with van der Waals surface area (Å²) < 4.78 is 0. The highest BCUT2D eigenvalue weighted by Gasteiger charge is 2.25. The number of aromatic nitrogens is 1. The van der Waals surface area contributed by atoms with E-state index in [1.807, 2.05) is 30.5 Å². The van der Waals surface area contributed by atoms with Gasteiger partial charge in [0, 0.05) is 18.0 Å². The Morgan fingerprint density at radius 3 is 2.56 bits per heavy atom. The first-order chi connectivity index (χ1) is 13.2. The van der Waals surface area contributed by atoms with Gasteiger partial charge in [-0.3, -0.25) is 9.78 Å². The molecule has 3 aromatic rings. The molecule has 0 spiro atoms. The van der Waals surface area contributed by atoms with Gasteiger partial charge in [0.05, 0.1) is 16.9 Å². The molecule has 0 bridgehead atoms. The number of hydrogen-bond donors (Lipinski definition) is 2. The summed E-state index contributed by atoms with van der Waals surface area (Å²) >= 11 is 0. The Labute approximate surface area is 159 Å². The minimum Gasteiger partial charge on any atom is -0.397 e. The lowest BCUT2D eigenvalue weighted by molar-refractivity contribution is -0.117. The Balaban J connectivity index is 1.36. The van der Waals surface area contributed by atoms with E-state index >= 15 is 0 Å². The number of nitrogens with two attached hydrogens (primary N) is 1. The summed E-state index contributed by atoms with van der Waals surface area (Å²) in [4.78, 5) is 16.9. The smallest absolute Gasteiger partial charge is 0.224 e. The highest BCUT2D eigenvalue weighted by Crippen LogP contribution is 2.39. The molecule has 1 aromatic heterocycles. The normalized spacial score (nSPS) is 19.7. The average molecular weight is 359 g/mol. The average Bonchev–Trinajstić information content (AvgIpc) is 2.70. The van der Waals surface area contributed by atoms with Gasteiger partial charge in [-0.05, 0) is 67.3 Å². The molecule has 4 nitrogen and oxygen atoms in total. The molecule has 27 heavy (non-hydrogen) atoms. The number of carbonyl (C=O) groups excluding carboxylic acids is 1.